The van der Waals surface area contributed by atoms with E-state index in [0.717, 1.165) is 16.8 Å². The van der Waals surface area contributed by atoms with Crippen LogP contribution >= 0.6 is 0 Å². The summed E-state index contributed by atoms with van der Waals surface area (Å²) in [5, 5.41) is 10.8. The van der Waals surface area contributed by atoms with E-state index in [2.05, 4.69) is 15.6 Å². The molecule has 4 nitrogen and oxygen atoms in total. The van der Waals surface area contributed by atoms with Crippen LogP contribution in [0.3, 0.4) is 0 Å². The Morgan fingerprint density at radius 2 is 1.85 bits per heavy atom. The van der Waals surface area contributed by atoms with Gasteiger partial charge < -0.3 is 5.32 Å². The summed E-state index contributed by atoms with van der Waals surface area (Å²) in [5.41, 5.74) is 0.291. The lowest BCUT2D eigenvalue weighted by Crippen LogP contribution is -2.35. The number of hydrogen-bond acceptors (Lipinski definition) is 3. The van der Waals surface area contributed by atoms with Gasteiger partial charge in [-0.3, -0.25) is 0 Å². The highest BCUT2D eigenvalue weighted by Gasteiger charge is 2.16. The van der Waals surface area contributed by atoms with E-state index in [1.807, 2.05) is 20.8 Å². The summed E-state index contributed by atoms with van der Waals surface area (Å²) in [7, 11) is 0. The molecule has 1 heterocycles. The number of benzene rings is 1. The highest BCUT2D eigenvalue weighted by Crippen LogP contribution is 2.18. The summed E-state index contributed by atoms with van der Waals surface area (Å²) in [6.07, 6.45) is 1.47. The fraction of sp³-hybridized carbons (Fsp3) is 0.385. The van der Waals surface area contributed by atoms with Crippen LogP contribution in [0.25, 0.3) is 5.69 Å². The fourth-order valence-corrected chi connectivity index (χ4v) is 1.55. The Morgan fingerprint density at radius 3 is 2.50 bits per heavy atom. The Morgan fingerprint density at radius 1 is 1.15 bits per heavy atom. The molecule has 1 aromatic carbocycles. The van der Waals surface area contributed by atoms with E-state index in [9.17, 15) is 13.2 Å². The monoisotopic (exact) mass is 284 g/mol. The van der Waals surface area contributed by atoms with Crippen molar-refractivity contribution in [2.45, 2.75) is 32.9 Å². The average molecular weight is 284 g/mol. The second-order valence-corrected chi connectivity index (χ2v) is 5.45. The Labute approximate surface area is 114 Å². The van der Waals surface area contributed by atoms with Gasteiger partial charge in [-0.15, -0.1) is 5.10 Å². The molecular formula is C13H15F3N4. The Balaban J connectivity index is 2.23. The van der Waals surface area contributed by atoms with E-state index in [-0.39, 0.29) is 11.2 Å². The summed E-state index contributed by atoms with van der Waals surface area (Å²) in [5.74, 6) is -4.04. The summed E-state index contributed by atoms with van der Waals surface area (Å²) in [6.45, 7) is 6.42. The van der Waals surface area contributed by atoms with Crippen molar-refractivity contribution in [2.75, 3.05) is 0 Å². The number of nitrogens with one attached hydrogen (secondary N) is 1. The third-order valence-electron chi connectivity index (χ3n) is 2.60. The van der Waals surface area contributed by atoms with Gasteiger partial charge in [0.05, 0.1) is 11.9 Å². The molecule has 0 unspecified atom stereocenters. The molecule has 0 atom stereocenters. The zero-order valence-electron chi connectivity index (χ0n) is 11.4. The van der Waals surface area contributed by atoms with Crippen molar-refractivity contribution >= 4 is 0 Å². The van der Waals surface area contributed by atoms with Crippen LogP contribution in [0.5, 0.6) is 0 Å². The second-order valence-electron chi connectivity index (χ2n) is 5.45. The van der Waals surface area contributed by atoms with Gasteiger partial charge in [0, 0.05) is 12.1 Å². The van der Waals surface area contributed by atoms with Crippen LogP contribution in [0.1, 0.15) is 26.5 Å². The van der Waals surface area contributed by atoms with E-state index >= 15 is 0 Å². The van der Waals surface area contributed by atoms with E-state index in [0.29, 0.717) is 12.2 Å². The molecule has 1 N–H and O–H groups in total. The van der Waals surface area contributed by atoms with Crippen molar-refractivity contribution in [3.05, 3.63) is 41.5 Å². The number of halogens is 3. The van der Waals surface area contributed by atoms with Gasteiger partial charge in [-0.25, -0.2) is 17.9 Å². The Bertz CT molecular complexity index is 617. The molecule has 0 aliphatic rings. The molecule has 0 spiro atoms. The standard InChI is InChI=1S/C13H15F3N4/c1-13(2,3)17-6-8-7-20(19-18-8)10-5-4-9(14)11(15)12(10)16/h4-5,7,17H,6H2,1-3H3. The van der Waals surface area contributed by atoms with E-state index < -0.39 is 17.5 Å². The maximum Gasteiger partial charge on any atom is 0.196 e. The number of rotatable bonds is 3. The number of hydrogen-bond donors (Lipinski definition) is 1. The van der Waals surface area contributed by atoms with Gasteiger partial charge in [-0.05, 0) is 32.9 Å². The topological polar surface area (TPSA) is 42.7 Å². The highest BCUT2D eigenvalue weighted by molar-refractivity contribution is 5.33. The lowest BCUT2D eigenvalue weighted by atomic mass is 10.1. The van der Waals surface area contributed by atoms with Crippen LogP contribution in [0.15, 0.2) is 18.3 Å². The first-order chi connectivity index (χ1) is 9.28. The average Bonchev–Trinajstić information content (AvgIpc) is 2.81. The lowest BCUT2D eigenvalue weighted by molar-refractivity contribution is 0.421. The Hall–Kier alpha value is -1.89. The molecule has 20 heavy (non-hydrogen) atoms. The minimum atomic E-state index is -1.52. The maximum atomic E-state index is 13.6. The smallest absolute Gasteiger partial charge is 0.196 e. The van der Waals surface area contributed by atoms with Gasteiger partial charge in [0.25, 0.3) is 0 Å². The molecule has 0 saturated carbocycles. The third kappa shape index (κ3) is 3.16. The number of nitrogens with zero attached hydrogens (tertiary/aromatic N) is 3. The van der Waals surface area contributed by atoms with Crippen LogP contribution < -0.4 is 5.32 Å². The molecule has 0 aliphatic heterocycles. The first kappa shape index (κ1) is 14.5. The molecule has 1 aromatic heterocycles. The van der Waals surface area contributed by atoms with Gasteiger partial charge in [-0.2, -0.15) is 0 Å². The van der Waals surface area contributed by atoms with Crippen molar-refractivity contribution in [1.82, 2.24) is 20.3 Å². The first-order valence-corrected chi connectivity index (χ1v) is 6.08. The molecule has 0 saturated heterocycles. The lowest BCUT2D eigenvalue weighted by Gasteiger charge is -2.19. The molecule has 0 aliphatic carbocycles. The van der Waals surface area contributed by atoms with Crippen molar-refractivity contribution in [1.29, 1.82) is 0 Å². The largest absolute Gasteiger partial charge is 0.306 e. The van der Waals surface area contributed by atoms with E-state index in [1.165, 1.54) is 6.20 Å². The highest BCUT2D eigenvalue weighted by atomic mass is 19.2. The van der Waals surface area contributed by atoms with E-state index in [4.69, 9.17) is 0 Å². The van der Waals surface area contributed by atoms with Crippen molar-refractivity contribution in [2.24, 2.45) is 0 Å². The number of aromatic nitrogens is 3. The fourth-order valence-electron chi connectivity index (χ4n) is 1.55. The summed E-state index contributed by atoms with van der Waals surface area (Å²) in [6, 6.07) is 1.96. The zero-order chi connectivity index (χ0) is 14.9. The summed E-state index contributed by atoms with van der Waals surface area (Å²) < 4.78 is 40.7. The summed E-state index contributed by atoms with van der Waals surface area (Å²) >= 11 is 0. The predicted octanol–water partition coefficient (Wildman–Crippen LogP) is 2.57. The van der Waals surface area contributed by atoms with Gasteiger partial charge in [0.1, 0.15) is 5.69 Å². The quantitative estimate of drug-likeness (QED) is 0.881. The maximum absolute atomic E-state index is 13.6. The molecule has 0 amide bonds. The van der Waals surface area contributed by atoms with Crippen LogP contribution in [0, 0.1) is 17.5 Å². The zero-order valence-corrected chi connectivity index (χ0v) is 11.4. The molecule has 0 fully saturated rings. The van der Waals surface area contributed by atoms with Crippen molar-refractivity contribution in [3.63, 3.8) is 0 Å². The minimum Gasteiger partial charge on any atom is -0.306 e. The predicted molar refractivity (Wildman–Crippen MR) is 67.8 cm³/mol. The van der Waals surface area contributed by atoms with Crippen LogP contribution in [0.4, 0.5) is 13.2 Å². The molecular weight excluding hydrogens is 269 g/mol. The molecule has 2 aromatic rings. The van der Waals surface area contributed by atoms with Gasteiger partial charge in [0.15, 0.2) is 17.5 Å². The van der Waals surface area contributed by atoms with Crippen LogP contribution in [-0.4, -0.2) is 20.5 Å². The normalized spacial score (nSPS) is 11.9. The summed E-state index contributed by atoms with van der Waals surface area (Å²) in [4.78, 5) is 0. The molecule has 0 radical (unpaired) electrons. The van der Waals surface area contributed by atoms with E-state index in [1.54, 1.807) is 0 Å². The molecule has 7 heteroatoms. The third-order valence-corrected chi connectivity index (χ3v) is 2.60. The van der Waals surface area contributed by atoms with Crippen molar-refractivity contribution in [3.8, 4) is 5.69 Å². The van der Waals surface area contributed by atoms with Gasteiger partial charge >= 0.3 is 0 Å². The minimum absolute atomic E-state index is 0.100. The van der Waals surface area contributed by atoms with Crippen LogP contribution in [-0.2, 0) is 6.54 Å². The van der Waals surface area contributed by atoms with Crippen molar-refractivity contribution < 1.29 is 13.2 Å². The molecule has 108 valence electrons. The first-order valence-electron chi connectivity index (χ1n) is 6.08. The molecule has 2 rings (SSSR count). The second kappa shape index (κ2) is 5.24. The Kier molecular flexibility index (Phi) is 3.80. The molecule has 0 bridgehead atoms. The SMILES string of the molecule is CC(C)(C)NCc1cn(-c2ccc(F)c(F)c2F)nn1. The van der Waals surface area contributed by atoms with Crippen LogP contribution in [0.2, 0.25) is 0 Å². The van der Waals surface area contributed by atoms with Gasteiger partial charge in [0.2, 0.25) is 0 Å². The van der Waals surface area contributed by atoms with Gasteiger partial charge in [-0.1, -0.05) is 5.21 Å².